The van der Waals surface area contributed by atoms with Gasteiger partial charge in [-0.2, -0.15) is 0 Å². The molecule has 0 aliphatic rings. The predicted molar refractivity (Wildman–Crippen MR) is 71.8 cm³/mol. The Morgan fingerprint density at radius 2 is 2.11 bits per heavy atom. The van der Waals surface area contributed by atoms with Crippen molar-refractivity contribution in [2.24, 2.45) is 0 Å². The van der Waals surface area contributed by atoms with Gasteiger partial charge in [-0.05, 0) is 31.0 Å². The lowest BCUT2D eigenvalue weighted by Gasteiger charge is -2.04. The molecule has 0 N–H and O–H groups in total. The van der Waals surface area contributed by atoms with Crippen LogP contribution >= 0.6 is 0 Å². The number of pyridine rings is 1. The Balaban J connectivity index is 2.47. The lowest BCUT2D eigenvalue weighted by Crippen LogP contribution is -2.05. The predicted octanol–water partition coefficient (Wildman–Crippen LogP) is 2.21. The van der Waals surface area contributed by atoms with E-state index in [-0.39, 0.29) is 5.78 Å². The summed E-state index contributed by atoms with van der Waals surface area (Å²) in [4.78, 5) is 18.2. The first kappa shape index (κ1) is 12.4. The zero-order valence-electron chi connectivity index (χ0n) is 11.1. The van der Waals surface area contributed by atoms with E-state index in [1.54, 1.807) is 18.5 Å². The van der Waals surface area contributed by atoms with Gasteiger partial charge in [0.15, 0.2) is 0 Å². The number of aryl methyl sites for hydroxylation is 2. The fourth-order valence-corrected chi connectivity index (χ4v) is 1.76. The smallest absolute Gasteiger partial charge is 0.205 e. The second kappa shape index (κ2) is 4.64. The average molecular weight is 243 g/mol. The maximum atomic E-state index is 12.0. The molecule has 0 amide bonds. The molecule has 2 rings (SSSR count). The van der Waals surface area contributed by atoms with Crippen molar-refractivity contribution in [2.45, 2.75) is 13.8 Å². The Hall–Kier alpha value is -2.10. The number of aromatic nitrogens is 2. The van der Waals surface area contributed by atoms with Gasteiger partial charge in [-0.25, -0.2) is 4.98 Å². The maximum absolute atomic E-state index is 12.0. The third-order valence-electron chi connectivity index (χ3n) is 2.97. The van der Waals surface area contributed by atoms with Gasteiger partial charge in [0.1, 0.15) is 11.3 Å². The van der Waals surface area contributed by atoms with Crippen LogP contribution in [-0.2, 0) is 0 Å². The van der Waals surface area contributed by atoms with Gasteiger partial charge < -0.3 is 4.90 Å². The molecule has 0 radical (unpaired) electrons. The molecule has 0 spiro atoms. The molecule has 2 aromatic rings. The van der Waals surface area contributed by atoms with Crippen molar-refractivity contribution in [3.8, 4) is 0 Å². The Labute approximate surface area is 107 Å². The number of hydrogen-bond donors (Lipinski definition) is 0. The highest BCUT2D eigenvalue weighted by Gasteiger charge is 2.11. The highest BCUT2D eigenvalue weighted by Crippen LogP contribution is 2.15. The van der Waals surface area contributed by atoms with Crippen LogP contribution in [0.1, 0.15) is 21.6 Å². The monoisotopic (exact) mass is 243 g/mol. The normalized spacial score (nSPS) is 11.3. The SMILES string of the molecule is Cc1ccn2c(C(=O)C=CN(C)C)cnc2c1C. The summed E-state index contributed by atoms with van der Waals surface area (Å²) in [6.45, 7) is 4.05. The van der Waals surface area contributed by atoms with Gasteiger partial charge in [-0.3, -0.25) is 9.20 Å². The van der Waals surface area contributed by atoms with Crippen molar-refractivity contribution in [3.63, 3.8) is 0 Å². The van der Waals surface area contributed by atoms with Crippen molar-refractivity contribution in [1.29, 1.82) is 0 Å². The second-order valence-electron chi connectivity index (χ2n) is 4.60. The van der Waals surface area contributed by atoms with Crippen LogP contribution in [0.15, 0.2) is 30.7 Å². The summed E-state index contributed by atoms with van der Waals surface area (Å²) >= 11 is 0. The summed E-state index contributed by atoms with van der Waals surface area (Å²) in [5, 5.41) is 0. The second-order valence-corrected chi connectivity index (χ2v) is 4.60. The number of hydrogen-bond acceptors (Lipinski definition) is 3. The maximum Gasteiger partial charge on any atom is 0.205 e. The van der Waals surface area contributed by atoms with Crippen LogP contribution in [-0.4, -0.2) is 34.2 Å². The molecule has 0 saturated heterocycles. The van der Waals surface area contributed by atoms with Crippen LogP contribution in [0, 0.1) is 13.8 Å². The number of nitrogens with zero attached hydrogens (tertiary/aromatic N) is 3. The van der Waals surface area contributed by atoms with Gasteiger partial charge in [-0.1, -0.05) is 0 Å². The van der Waals surface area contributed by atoms with E-state index in [4.69, 9.17) is 0 Å². The molecule has 0 aliphatic heterocycles. The highest BCUT2D eigenvalue weighted by atomic mass is 16.1. The van der Waals surface area contributed by atoms with E-state index >= 15 is 0 Å². The first-order chi connectivity index (χ1) is 8.50. The zero-order valence-corrected chi connectivity index (χ0v) is 11.1. The first-order valence-corrected chi connectivity index (χ1v) is 5.83. The third-order valence-corrected chi connectivity index (χ3v) is 2.97. The molecule has 0 aliphatic carbocycles. The van der Waals surface area contributed by atoms with E-state index in [2.05, 4.69) is 4.98 Å². The average Bonchev–Trinajstić information content (AvgIpc) is 2.75. The molecule has 0 fully saturated rings. The summed E-state index contributed by atoms with van der Waals surface area (Å²) in [6, 6.07) is 2.00. The molecule has 0 bridgehead atoms. The van der Waals surface area contributed by atoms with Crippen molar-refractivity contribution < 1.29 is 4.79 Å². The number of allylic oxidation sites excluding steroid dienone is 1. The van der Waals surface area contributed by atoms with E-state index in [0.717, 1.165) is 11.2 Å². The minimum Gasteiger partial charge on any atom is -0.383 e. The minimum atomic E-state index is -0.0422. The Bertz CT molecular complexity index is 623. The Kier molecular flexibility index (Phi) is 3.19. The topological polar surface area (TPSA) is 37.6 Å². The molecule has 2 heterocycles. The molecule has 4 nitrogen and oxygen atoms in total. The summed E-state index contributed by atoms with van der Waals surface area (Å²) in [6.07, 6.45) is 6.81. The summed E-state index contributed by atoms with van der Waals surface area (Å²) in [5.74, 6) is -0.0422. The summed E-state index contributed by atoms with van der Waals surface area (Å²) in [5.41, 5.74) is 3.71. The first-order valence-electron chi connectivity index (χ1n) is 5.83. The van der Waals surface area contributed by atoms with E-state index in [9.17, 15) is 4.79 Å². The summed E-state index contributed by atoms with van der Waals surface area (Å²) < 4.78 is 1.84. The molecule has 18 heavy (non-hydrogen) atoms. The van der Waals surface area contributed by atoms with E-state index in [0.29, 0.717) is 5.69 Å². The van der Waals surface area contributed by atoms with E-state index < -0.39 is 0 Å². The minimum absolute atomic E-state index is 0.0422. The number of rotatable bonds is 3. The van der Waals surface area contributed by atoms with Gasteiger partial charge >= 0.3 is 0 Å². The van der Waals surface area contributed by atoms with Crippen molar-refractivity contribution in [2.75, 3.05) is 14.1 Å². The fraction of sp³-hybridized carbons (Fsp3) is 0.286. The quantitative estimate of drug-likeness (QED) is 0.612. The molecule has 4 heteroatoms. The molecule has 0 unspecified atom stereocenters. The van der Waals surface area contributed by atoms with E-state index in [1.807, 2.05) is 49.5 Å². The van der Waals surface area contributed by atoms with Crippen LogP contribution in [0.25, 0.3) is 5.65 Å². The number of ketones is 1. The van der Waals surface area contributed by atoms with Crippen LogP contribution in [0.3, 0.4) is 0 Å². The zero-order chi connectivity index (χ0) is 13.3. The Morgan fingerprint density at radius 1 is 1.39 bits per heavy atom. The number of carbonyl (C=O) groups excluding carboxylic acids is 1. The van der Waals surface area contributed by atoms with Gasteiger partial charge in [0, 0.05) is 32.6 Å². The van der Waals surface area contributed by atoms with Gasteiger partial charge in [0.2, 0.25) is 5.78 Å². The van der Waals surface area contributed by atoms with Crippen LogP contribution in [0.4, 0.5) is 0 Å². The standard InChI is InChI=1S/C14H17N3O/c1-10-5-8-17-12(9-15-14(17)11(10)2)13(18)6-7-16(3)4/h5-9H,1-4H3. The van der Waals surface area contributed by atoms with Crippen molar-refractivity contribution in [3.05, 3.63) is 47.6 Å². The fourth-order valence-electron chi connectivity index (χ4n) is 1.76. The molecular weight excluding hydrogens is 226 g/mol. The Morgan fingerprint density at radius 3 is 2.78 bits per heavy atom. The lowest BCUT2D eigenvalue weighted by molar-refractivity contribution is 0.104. The number of carbonyl (C=O) groups is 1. The molecule has 94 valence electrons. The van der Waals surface area contributed by atoms with Crippen LogP contribution in [0.5, 0.6) is 0 Å². The molecule has 2 aromatic heterocycles. The van der Waals surface area contributed by atoms with Crippen LogP contribution in [0.2, 0.25) is 0 Å². The lowest BCUT2D eigenvalue weighted by atomic mass is 10.2. The van der Waals surface area contributed by atoms with Gasteiger partial charge in [-0.15, -0.1) is 0 Å². The van der Waals surface area contributed by atoms with Crippen molar-refractivity contribution in [1.82, 2.24) is 14.3 Å². The third kappa shape index (κ3) is 2.14. The summed E-state index contributed by atoms with van der Waals surface area (Å²) in [7, 11) is 3.76. The molecule has 0 aromatic carbocycles. The van der Waals surface area contributed by atoms with E-state index in [1.165, 1.54) is 5.56 Å². The molecule has 0 saturated carbocycles. The molecular formula is C14H17N3O. The van der Waals surface area contributed by atoms with Gasteiger partial charge in [0.05, 0.1) is 6.20 Å². The largest absolute Gasteiger partial charge is 0.383 e. The number of fused-ring (bicyclic) bond motifs is 1. The molecule has 0 atom stereocenters. The van der Waals surface area contributed by atoms with Crippen molar-refractivity contribution >= 4 is 11.4 Å². The van der Waals surface area contributed by atoms with Crippen LogP contribution < -0.4 is 0 Å². The highest BCUT2D eigenvalue weighted by molar-refractivity contribution is 6.03. The van der Waals surface area contributed by atoms with Gasteiger partial charge in [0.25, 0.3) is 0 Å². The number of imidazole rings is 1.